The van der Waals surface area contributed by atoms with Crippen LogP contribution >= 0.6 is 23.6 Å². The normalized spacial score (nSPS) is 11.0. The molecule has 2 heterocycles. The Kier molecular flexibility index (Phi) is 3.65. The Morgan fingerprint density at radius 1 is 1.38 bits per heavy atom. The van der Waals surface area contributed by atoms with Crippen molar-refractivity contribution in [3.8, 4) is 5.75 Å². The first-order valence-corrected chi connectivity index (χ1v) is 7.78. The molecule has 0 aliphatic carbocycles. The minimum atomic E-state index is 0.405. The Labute approximate surface area is 132 Å². The van der Waals surface area contributed by atoms with E-state index in [0.717, 1.165) is 33.1 Å². The lowest BCUT2D eigenvalue weighted by Crippen LogP contribution is -2.10. The van der Waals surface area contributed by atoms with Gasteiger partial charge in [-0.2, -0.15) is 0 Å². The number of benzene rings is 1. The van der Waals surface area contributed by atoms with Gasteiger partial charge in [0.15, 0.2) is 4.96 Å². The fourth-order valence-electron chi connectivity index (χ4n) is 2.31. The van der Waals surface area contributed by atoms with Gasteiger partial charge in [-0.25, -0.2) is 4.98 Å². The number of fused-ring (bicyclic) bond motifs is 1. The number of imidazole rings is 1. The van der Waals surface area contributed by atoms with Crippen LogP contribution in [0.4, 0.5) is 0 Å². The molecule has 108 valence electrons. The highest BCUT2D eigenvalue weighted by Crippen LogP contribution is 2.26. The fraction of sp³-hybridized carbons (Fsp3) is 0.200. The molecule has 2 N–H and O–H groups in total. The van der Waals surface area contributed by atoms with Gasteiger partial charge in [0.25, 0.3) is 0 Å². The van der Waals surface area contributed by atoms with Crippen LogP contribution in [0, 0.1) is 13.8 Å². The van der Waals surface area contributed by atoms with Gasteiger partial charge in [0.2, 0.25) is 0 Å². The van der Waals surface area contributed by atoms with Gasteiger partial charge in [0.05, 0.1) is 5.69 Å². The van der Waals surface area contributed by atoms with E-state index in [9.17, 15) is 0 Å². The second kappa shape index (κ2) is 5.46. The number of rotatable bonds is 4. The summed E-state index contributed by atoms with van der Waals surface area (Å²) in [6.07, 6.45) is 3.98. The molecule has 0 radical (unpaired) electrons. The molecular formula is C15H15N3OS2. The molecule has 0 bridgehead atoms. The zero-order valence-electron chi connectivity index (χ0n) is 11.8. The standard InChI is InChI=1S/C15H15N3OS2/c1-9-5-11(14(16)20)6-10(2)13(9)19-8-12-7-18-3-4-21-15(18)17-12/h3-7H,8H2,1-2H3,(H2,16,20). The quantitative estimate of drug-likeness (QED) is 0.751. The highest BCUT2D eigenvalue weighted by Gasteiger charge is 2.10. The van der Waals surface area contributed by atoms with Crippen molar-refractivity contribution in [2.75, 3.05) is 0 Å². The minimum absolute atomic E-state index is 0.405. The Balaban J connectivity index is 1.81. The SMILES string of the molecule is Cc1cc(C(N)=S)cc(C)c1OCc1cn2ccsc2n1. The average molecular weight is 317 g/mol. The second-order valence-corrected chi connectivity index (χ2v) is 6.23. The van der Waals surface area contributed by atoms with Crippen molar-refractivity contribution in [3.63, 3.8) is 0 Å². The smallest absolute Gasteiger partial charge is 0.193 e. The number of thiazole rings is 1. The van der Waals surface area contributed by atoms with E-state index in [4.69, 9.17) is 22.7 Å². The van der Waals surface area contributed by atoms with Crippen LogP contribution in [0.1, 0.15) is 22.4 Å². The van der Waals surface area contributed by atoms with Crippen molar-refractivity contribution in [2.24, 2.45) is 5.73 Å². The van der Waals surface area contributed by atoms with Gasteiger partial charge in [0.1, 0.15) is 17.3 Å². The molecule has 4 nitrogen and oxygen atoms in total. The van der Waals surface area contributed by atoms with Crippen LogP contribution in [-0.2, 0) is 6.61 Å². The van der Waals surface area contributed by atoms with E-state index in [0.29, 0.717) is 11.6 Å². The monoisotopic (exact) mass is 317 g/mol. The fourth-order valence-corrected chi connectivity index (χ4v) is 3.15. The number of nitrogens with two attached hydrogens (primary N) is 1. The third-order valence-electron chi connectivity index (χ3n) is 3.25. The van der Waals surface area contributed by atoms with E-state index in [1.54, 1.807) is 11.3 Å². The average Bonchev–Trinajstić information content (AvgIpc) is 2.98. The Bertz CT molecular complexity index is 768. The van der Waals surface area contributed by atoms with E-state index in [2.05, 4.69) is 4.98 Å². The van der Waals surface area contributed by atoms with Gasteiger partial charge >= 0.3 is 0 Å². The molecule has 0 aliphatic heterocycles. The van der Waals surface area contributed by atoms with Gasteiger partial charge in [-0.1, -0.05) is 12.2 Å². The number of hydrogen-bond acceptors (Lipinski definition) is 4. The molecule has 0 saturated heterocycles. The van der Waals surface area contributed by atoms with E-state index >= 15 is 0 Å². The highest BCUT2D eigenvalue weighted by atomic mass is 32.1. The first-order valence-electron chi connectivity index (χ1n) is 6.49. The number of nitrogens with zero attached hydrogens (tertiary/aromatic N) is 2. The summed E-state index contributed by atoms with van der Waals surface area (Å²) in [4.78, 5) is 5.89. The summed E-state index contributed by atoms with van der Waals surface area (Å²) >= 11 is 6.63. The van der Waals surface area contributed by atoms with Gasteiger partial charge in [-0.3, -0.25) is 4.40 Å². The number of aromatic nitrogens is 2. The van der Waals surface area contributed by atoms with Crippen molar-refractivity contribution < 1.29 is 4.74 Å². The topological polar surface area (TPSA) is 52.5 Å². The van der Waals surface area contributed by atoms with Crippen LogP contribution < -0.4 is 10.5 Å². The third kappa shape index (κ3) is 2.77. The molecule has 0 spiro atoms. The molecule has 0 amide bonds. The maximum Gasteiger partial charge on any atom is 0.193 e. The molecule has 21 heavy (non-hydrogen) atoms. The van der Waals surface area contributed by atoms with Crippen LogP contribution in [0.2, 0.25) is 0 Å². The number of aryl methyl sites for hydroxylation is 2. The Morgan fingerprint density at radius 3 is 2.71 bits per heavy atom. The maximum atomic E-state index is 5.93. The summed E-state index contributed by atoms with van der Waals surface area (Å²) in [5, 5.41) is 2.01. The first-order chi connectivity index (χ1) is 10.0. The van der Waals surface area contributed by atoms with Crippen LogP contribution in [-0.4, -0.2) is 14.4 Å². The lowest BCUT2D eigenvalue weighted by Gasteiger charge is -2.13. The summed E-state index contributed by atoms with van der Waals surface area (Å²) in [5.74, 6) is 0.867. The molecule has 3 aromatic rings. The lowest BCUT2D eigenvalue weighted by atomic mass is 10.1. The molecular weight excluding hydrogens is 302 g/mol. The Hall–Kier alpha value is -1.92. The van der Waals surface area contributed by atoms with E-state index in [1.807, 2.05) is 48.2 Å². The maximum absolute atomic E-state index is 5.93. The summed E-state index contributed by atoms with van der Waals surface area (Å²) in [6.45, 7) is 4.44. The number of hydrogen-bond donors (Lipinski definition) is 1. The van der Waals surface area contributed by atoms with Crippen LogP contribution in [0.5, 0.6) is 5.75 Å². The molecule has 0 aliphatic rings. The van der Waals surface area contributed by atoms with Crippen molar-refractivity contribution in [2.45, 2.75) is 20.5 Å². The van der Waals surface area contributed by atoms with E-state index < -0.39 is 0 Å². The number of ether oxygens (including phenoxy) is 1. The van der Waals surface area contributed by atoms with Crippen molar-refractivity contribution in [1.29, 1.82) is 0 Å². The van der Waals surface area contributed by atoms with Crippen molar-refractivity contribution >= 4 is 33.5 Å². The van der Waals surface area contributed by atoms with Crippen molar-refractivity contribution in [3.05, 3.63) is 52.3 Å². The highest BCUT2D eigenvalue weighted by molar-refractivity contribution is 7.80. The van der Waals surface area contributed by atoms with Gasteiger partial charge < -0.3 is 10.5 Å². The summed E-state index contributed by atoms with van der Waals surface area (Å²) < 4.78 is 7.93. The van der Waals surface area contributed by atoms with E-state index in [-0.39, 0.29) is 0 Å². The zero-order chi connectivity index (χ0) is 15.0. The molecule has 2 aromatic heterocycles. The largest absolute Gasteiger partial charge is 0.487 e. The van der Waals surface area contributed by atoms with Gasteiger partial charge in [-0.05, 0) is 37.1 Å². The third-order valence-corrected chi connectivity index (χ3v) is 4.26. The second-order valence-electron chi connectivity index (χ2n) is 4.92. The molecule has 0 saturated carbocycles. The Morgan fingerprint density at radius 2 is 2.10 bits per heavy atom. The molecule has 0 unspecified atom stereocenters. The molecule has 3 rings (SSSR count). The number of thiocarbonyl (C=S) groups is 1. The molecule has 0 fully saturated rings. The van der Waals surface area contributed by atoms with Gasteiger partial charge in [-0.15, -0.1) is 11.3 Å². The zero-order valence-corrected chi connectivity index (χ0v) is 13.4. The predicted molar refractivity (Wildman–Crippen MR) is 89.2 cm³/mol. The summed E-state index contributed by atoms with van der Waals surface area (Å²) in [7, 11) is 0. The van der Waals surface area contributed by atoms with E-state index in [1.165, 1.54) is 0 Å². The lowest BCUT2D eigenvalue weighted by molar-refractivity contribution is 0.298. The summed E-state index contributed by atoms with van der Waals surface area (Å²) in [5.41, 5.74) is 9.52. The molecule has 6 heteroatoms. The van der Waals surface area contributed by atoms with Crippen LogP contribution in [0.25, 0.3) is 4.96 Å². The van der Waals surface area contributed by atoms with Crippen molar-refractivity contribution in [1.82, 2.24) is 9.38 Å². The first kappa shape index (κ1) is 14.0. The summed E-state index contributed by atoms with van der Waals surface area (Å²) in [6, 6.07) is 3.91. The molecule has 0 atom stereocenters. The van der Waals surface area contributed by atoms with Crippen LogP contribution in [0.3, 0.4) is 0 Å². The predicted octanol–water partition coefficient (Wildman–Crippen LogP) is 3.23. The van der Waals surface area contributed by atoms with Gasteiger partial charge in [0, 0.05) is 23.3 Å². The minimum Gasteiger partial charge on any atom is -0.487 e. The molecule has 1 aromatic carbocycles. The van der Waals surface area contributed by atoms with Crippen LogP contribution in [0.15, 0.2) is 29.9 Å².